The maximum absolute atomic E-state index is 12.2. The summed E-state index contributed by atoms with van der Waals surface area (Å²) in [4.78, 5) is 16.7. The Morgan fingerprint density at radius 1 is 1.38 bits per heavy atom. The summed E-state index contributed by atoms with van der Waals surface area (Å²) in [6, 6.07) is 7.74. The maximum Gasteiger partial charge on any atom is 0.253 e. The van der Waals surface area contributed by atoms with Crippen molar-refractivity contribution in [2.24, 2.45) is 0 Å². The van der Waals surface area contributed by atoms with Crippen LogP contribution in [0.15, 0.2) is 24.3 Å². The maximum atomic E-state index is 12.2. The molecule has 1 heterocycles. The van der Waals surface area contributed by atoms with Gasteiger partial charge in [0.1, 0.15) is 5.75 Å². The summed E-state index contributed by atoms with van der Waals surface area (Å²) in [5.74, 6) is 0.661. The first kappa shape index (κ1) is 15.3. The van der Waals surface area contributed by atoms with Crippen molar-refractivity contribution in [1.82, 2.24) is 15.6 Å². The van der Waals surface area contributed by atoms with E-state index < -0.39 is 0 Å². The summed E-state index contributed by atoms with van der Waals surface area (Å²) in [5.41, 5.74) is 2.15. The Morgan fingerprint density at radius 2 is 2.14 bits per heavy atom. The van der Waals surface area contributed by atoms with Gasteiger partial charge in [-0.2, -0.15) is 0 Å². The summed E-state index contributed by atoms with van der Waals surface area (Å²) >= 11 is 0. The number of hydrogen-bond acceptors (Lipinski definition) is 4. The molecule has 2 rings (SSSR count). The van der Waals surface area contributed by atoms with Crippen LogP contribution in [0.25, 0.3) is 10.9 Å². The molecule has 0 radical (unpaired) electrons. The second kappa shape index (κ2) is 6.54. The van der Waals surface area contributed by atoms with Gasteiger partial charge in [0, 0.05) is 24.0 Å². The van der Waals surface area contributed by atoms with Crippen molar-refractivity contribution in [3.8, 4) is 5.75 Å². The van der Waals surface area contributed by atoms with Gasteiger partial charge in [-0.1, -0.05) is 0 Å². The molecule has 2 aromatic rings. The van der Waals surface area contributed by atoms with Crippen LogP contribution in [0.2, 0.25) is 0 Å². The number of aromatic nitrogens is 1. The Hall–Kier alpha value is -2.14. The van der Waals surface area contributed by atoms with Crippen LogP contribution in [0, 0.1) is 6.92 Å². The predicted molar refractivity (Wildman–Crippen MR) is 83.9 cm³/mol. The molecule has 5 nitrogen and oxygen atoms in total. The number of benzene rings is 1. The second-order valence-corrected chi connectivity index (χ2v) is 5.08. The number of ether oxygens (including phenoxy) is 1. The van der Waals surface area contributed by atoms with Crippen molar-refractivity contribution in [2.75, 3.05) is 20.7 Å². The first-order chi connectivity index (χ1) is 10.0. The fraction of sp³-hybridized carbons (Fsp3) is 0.375. The molecule has 112 valence electrons. The second-order valence-electron chi connectivity index (χ2n) is 5.08. The van der Waals surface area contributed by atoms with Gasteiger partial charge < -0.3 is 15.4 Å². The third-order valence-corrected chi connectivity index (χ3v) is 3.52. The molecule has 0 saturated carbocycles. The van der Waals surface area contributed by atoms with E-state index in [1.807, 2.05) is 45.2 Å². The lowest BCUT2D eigenvalue weighted by molar-refractivity contribution is 0.0949. The van der Waals surface area contributed by atoms with Crippen molar-refractivity contribution >= 4 is 16.8 Å². The van der Waals surface area contributed by atoms with E-state index in [-0.39, 0.29) is 11.9 Å². The Kier molecular flexibility index (Phi) is 4.75. The minimum Gasteiger partial charge on any atom is -0.497 e. The van der Waals surface area contributed by atoms with Crippen molar-refractivity contribution in [3.63, 3.8) is 0 Å². The Labute approximate surface area is 124 Å². The van der Waals surface area contributed by atoms with E-state index in [1.165, 1.54) is 0 Å². The fourth-order valence-electron chi connectivity index (χ4n) is 2.04. The van der Waals surface area contributed by atoms with Gasteiger partial charge in [-0.05, 0) is 39.1 Å². The lowest BCUT2D eigenvalue weighted by Crippen LogP contribution is -2.37. The molecule has 0 aliphatic heterocycles. The van der Waals surface area contributed by atoms with Crippen LogP contribution >= 0.6 is 0 Å². The quantitative estimate of drug-likeness (QED) is 0.881. The van der Waals surface area contributed by atoms with Crippen LogP contribution in [-0.2, 0) is 0 Å². The molecule has 21 heavy (non-hydrogen) atoms. The number of pyridine rings is 1. The van der Waals surface area contributed by atoms with E-state index in [1.54, 1.807) is 7.11 Å². The van der Waals surface area contributed by atoms with Crippen LogP contribution in [0.1, 0.15) is 23.0 Å². The van der Waals surface area contributed by atoms with Crippen LogP contribution in [0.5, 0.6) is 5.75 Å². The Balaban J connectivity index is 2.28. The van der Waals surface area contributed by atoms with E-state index >= 15 is 0 Å². The van der Waals surface area contributed by atoms with E-state index in [0.29, 0.717) is 17.8 Å². The van der Waals surface area contributed by atoms with E-state index in [9.17, 15) is 4.79 Å². The molecule has 0 bridgehead atoms. The van der Waals surface area contributed by atoms with Crippen molar-refractivity contribution in [3.05, 3.63) is 35.5 Å². The van der Waals surface area contributed by atoms with Gasteiger partial charge in [-0.15, -0.1) is 0 Å². The first-order valence-electron chi connectivity index (χ1n) is 6.96. The van der Waals surface area contributed by atoms with Crippen LogP contribution in [0.3, 0.4) is 0 Å². The van der Waals surface area contributed by atoms with Crippen LogP contribution in [-0.4, -0.2) is 37.6 Å². The molecule has 1 aromatic carbocycles. The van der Waals surface area contributed by atoms with Crippen molar-refractivity contribution in [2.45, 2.75) is 19.9 Å². The highest BCUT2D eigenvalue weighted by atomic mass is 16.5. The zero-order valence-corrected chi connectivity index (χ0v) is 12.9. The average molecular weight is 287 g/mol. The first-order valence-corrected chi connectivity index (χ1v) is 6.96. The molecule has 2 N–H and O–H groups in total. The van der Waals surface area contributed by atoms with Gasteiger partial charge in [0.2, 0.25) is 0 Å². The number of nitrogens with one attached hydrogen (secondary N) is 2. The SMILES string of the molecule is CNC(C)CNC(=O)c1cc2ccc(OC)cc2nc1C. The minimum atomic E-state index is -0.0974. The number of carbonyl (C=O) groups is 1. The van der Waals surface area contributed by atoms with Gasteiger partial charge in [-0.25, -0.2) is 0 Å². The number of likely N-dealkylation sites (N-methyl/N-ethyl adjacent to an activating group) is 1. The lowest BCUT2D eigenvalue weighted by atomic mass is 10.1. The predicted octanol–water partition coefficient (Wildman–Crippen LogP) is 1.89. The fourth-order valence-corrected chi connectivity index (χ4v) is 2.04. The number of carbonyl (C=O) groups excluding carboxylic acids is 1. The number of aryl methyl sites for hydroxylation is 1. The number of fused-ring (bicyclic) bond motifs is 1. The number of methoxy groups -OCH3 is 1. The standard InChI is InChI=1S/C16H21N3O2/c1-10(17-3)9-18-16(20)14-7-12-5-6-13(21-4)8-15(12)19-11(14)2/h5-8,10,17H,9H2,1-4H3,(H,18,20). The summed E-state index contributed by atoms with van der Waals surface area (Å²) in [6.07, 6.45) is 0. The zero-order valence-electron chi connectivity index (χ0n) is 12.9. The molecule has 1 amide bonds. The molecule has 0 aliphatic rings. The molecule has 1 aromatic heterocycles. The summed E-state index contributed by atoms with van der Waals surface area (Å²) in [5, 5.41) is 6.92. The molecule has 0 spiro atoms. The number of amides is 1. The molecule has 1 atom stereocenters. The van der Waals surface area contributed by atoms with Crippen molar-refractivity contribution in [1.29, 1.82) is 0 Å². The molecular weight excluding hydrogens is 266 g/mol. The highest BCUT2D eigenvalue weighted by molar-refractivity contribution is 5.98. The van der Waals surface area contributed by atoms with Crippen molar-refractivity contribution < 1.29 is 9.53 Å². The molecule has 0 aliphatic carbocycles. The number of nitrogens with zero attached hydrogens (tertiary/aromatic N) is 1. The highest BCUT2D eigenvalue weighted by Crippen LogP contribution is 2.21. The minimum absolute atomic E-state index is 0.0974. The molecular formula is C16H21N3O2. The third kappa shape index (κ3) is 3.49. The molecule has 0 saturated heterocycles. The van der Waals surface area contributed by atoms with Gasteiger partial charge >= 0.3 is 0 Å². The van der Waals surface area contributed by atoms with Gasteiger partial charge in [0.25, 0.3) is 5.91 Å². The summed E-state index contributed by atoms with van der Waals surface area (Å²) in [6.45, 7) is 4.43. The topological polar surface area (TPSA) is 63.2 Å². The van der Waals surface area contributed by atoms with E-state index in [4.69, 9.17) is 4.74 Å². The largest absolute Gasteiger partial charge is 0.497 e. The van der Waals surface area contributed by atoms with E-state index in [0.717, 1.165) is 16.7 Å². The zero-order chi connectivity index (χ0) is 15.4. The normalized spacial score (nSPS) is 12.2. The smallest absolute Gasteiger partial charge is 0.253 e. The number of rotatable bonds is 5. The van der Waals surface area contributed by atoms with Gasteiger partial charge in [0.15, 0.2) is 0 Å². The average Bonchev–Trinajstić information content (AvgIpc) is 2.50. The Bertz CT molecular complexity index is 655. The van der Waals surface area contributed by atoms with Crippen LogP contribution < -0.4 is 15.4 Å². The lowest BCUT2D eigenvalue weighted by Gasteiger charge is -2.13. The third-order valence-electron chi connectivity index (χ3n) is 3.52. The monoisotopic (exact) mass is 287 g/mol. The Morgan fingerprint density at radius 3 is 2.81 bits per heavy atom. The highest BCUT2D eigenvalue weighted by Gasteiger charge is 2.12. The van der Waals surface area contributed by atoms with Gasteiger partial charge in [0.05, 0.1) is 23.9 Å². The van der Waals surface area contributed by atoms with Crippen LogP contribution in [0.4, 0.5) is 0 Å². The van der Waals surface area contributed by atoms with E-state index in [2.05, 4.69) is 15.6 Å². The molecule has 1 unspecified atom stereocenters. The number of hydrogen-bond donors (Lipinski definition) is 2. The summed E-state index contributed by atoms with van der Waals surface area (Å²) in [7, 11) is 3.49. The molecule has 5 heteroatoms. The summed E-state index contributed by atoms with van der Waals surface area (Å²) < 4.78 is 5.19. The molecule has 0 fully saturated rings. The van der Waals surface area contributed by atoms with Gasteiger partial charge in [-0.3, -0.25) is 9.78 Å².